The van der Waals surface area contributed by atoms with Crippen molar-refractivity contribution in [2.45, 2.75) is 70.8 Å². The van der Waals surface area contributed by atoms with Gasteiger partial charge < -0.3 is 20.1 Å². The van der Waals surface area contributed by atoms with Gasteiger partial charge in [0.05, 0.1) is 6.42 Å². The minimum Gasteiger partial charge on any atom is -0.480 e. The molecule has 0 saturated carbocycles. The summed E-state index contributed by atoms with van der Waals surface area (Å²) in [4.78, 5) is 37.9. The van der Waals surface area contributed by atoms with E-state index in [4.69, 9.17) is 9.84 Å². The molecule has 0 aromatic heterocycles. The maximum atomic E-state index is 12.3. The Morgan fingerprint density at radius 2 is 1.97 bits per heavy atom. The standard InChI is InChI=1S/C24H36N2O5/c1-5-24(13-6-7-14-26(4)16-24)18-9-8-10-19(15-18)31-21(28)12-11-20(27)25-22(17(2)3)23(29)30/h8-10,15,17,22H,5-7,11-14,16H2,1-4H3,(H,25,27)(H,29,30)/t22-,24?/m0/s1. The minimum atomic E-state index is -1.09. The van der Waals surface area contributed by atoms with Crippen LogP contribution in [0.3, 0.4) is 0 Å². The number of nitrogens with zero attached hydrogens (tertiary/aromatic N) is 1. The third-order valence-corrected chi connectivity index (χ3v) is 6.18. The van der Waals surface area contributed by atoms with Gasteiger partial charge in [0.2, 0.25) is 5.91 Å². The molecule has 7 heteroatoms. The summed E-state index contributed by atoms with van der Waals surface area (Å²) in [5.41, 5.74) is 1.21. The molecule has 1 heterocycles. The Morgan fingerprint density at radius 3 is 2.61 bits per heavy atom. The van der Waals surface area contributed by atoms with Crippen molar-refractivity contribution in [2.75, 3.05) is 20.1 Å². The van der Waals surface area contributed by atoms with Crippen LogP contribution in [-0.4, -0.2) is 54.0 Å². The van der Waals surface area contributed by atoms with Gasteiger partial charge >= 0.3 is 11.9 Å². The first-order chi connectivity index (χ1) is 14.7. The highest BCUT2D eigenvalue weighted by atomic mass is 16.5. The molecular weight excluding hydrogens is 396 g/mol. The number of aliphatic carboxylic acids is 1. The lowest BCUT2D eigenvalue weighted by Gasteiger charge is -2.35. The Hall–Kier alpha value is -2.41. The van der Waals surface area contributed by atoms with Gasteiger partial charge in [0.25, 0.3) is 0 Å². The van der Waals surface area contributed by atoms with Gasteiger partial charge in [-0.15, -0.1) is 0 Å². The highest BCUT2D eigenvalue weighted by Gasteiger charge is 2.33. The number of carbonyl (C=O) groups excluding carboxylic acids is 2. The fourth-order valence-electron chi connectivity index (χ4n) is 4.29. The van der Waals surface area contributed by atoms with Crippen LogP contribution in [-0.2, 0) is 19.8 Å². The molecule has 1 aromatic rings. The van der Waals surface area contributed by atoms with Crippen LogP contribution in [0.1, 0.15) is 64.9 Å². The number of carboxylic acid groups (broad SMARTS) is 1. The summed E-state index contributed by atoms with van der Waals surface area (Å²) < 4.78 is 5.49. The molecule has 1 aromatic carbocycles. The van der Waals surface area contributed by atoms with Gasteiger partial charge in [-0.3, -0.25) is 9.59 Å². The van der Waals surface area contributed by atoms with Gasteiger partial charge in [-0.05, 0) is 56.5 Å². The first kappa shape index (κ1) is 24.9. The number of likely N-dealkylation sites (N-methyl/N-ethyl adjacent to an activating group) is 1. The lowest BCUT2D eigenvalue weighted by molar-refractivity contribution is -0.143. The second-order valence-electron chi connectivity index (χ2n) is 8.96. The van der Waals surface area contributed by atoms with Crippen LogP contribution in [0.5, 0.6) is 5.75 Å². The average Bonchev–Trinajstić information content (AvgIpc) is 2.92. The predicted molar refractivity (Wildman–Crippen MR) is 119 cm³/mol. The zero-order valence-corrected chi connectivity index (χ0v) is 19.1. The number of hydrogen-bond acceptors (Lipinski definition) is 5. The van der Waals surface area contributed by atoms with E-state index in [1.54, 1.807) is 19.9 Å². The Bertz CT molecular complexity index is 779. The second kappa shape index (κ2) is 11.3. The molecular formula is C24H36N2O5. The molecule has 1 fully saturated rings. The van der Waals surface area contributed by atoms with Crippen molar-refractivity contribution in [1.29, 1.82) is 0 Å². The summed E-state index contributed by atoms with van der Waals surface area (Å²) in [7, 11) is 2.15. The molecule has 0 bridgehead atoms. The van der Waals surface area contributed by atoms with Crippen molar-refractivity contribution in [1.82, 2.24) is 10.2 Å². The molecule has 2 N–H and O–H groups in total. The molecule has 0 aliphatic carbocycles. The lowest BCUT2D eigenvalue weighted by Crippen LogP contribution is -2.44. The van der Waals surface area contributed by atoms with E-state index < -0.39 is 23.9 Å². The number of rotatable bonds is 9. The van der Waals surface area contributed by atoms with Gasteiger partial charge in [0.15, 0.2) is 0 Å². The summed E-state index contributed by atoms with van der Waals surface area (Å²) in [5.74, 6) is -1.83. The smallest absolute Gasteiger partial charge is 0.326 e. The van der Waals surface area contributed by atoms with E-state index in [0.29, 0.717) is 5.75 Å². The van der Waals surface area contributed by atoms with Crippen LogP contribution >= 0.6 is 0 Å². The Balaban J connectivity index is 1.98. The summed E-state index contributed by atoms with van der Waals surface area (Å²) in [6.45, 7) is 7.71. The zero-order chi connectivity index (χ0) is 23.0. The number of esters is 1. The van der Waals surface area contributed by atoms with Crippen LogP contribution in [0, 0.1) is 5.92 Å². The molecule has 0 radical (unpaired) electrons. The van der Waals surface area contributed by atoms with Crippen LogP contribution in [0.2, 0.25) is 0 Å². The Kier molecular flexibility index (Phi) is 9.04. The summed E-state index contributed by atoms with van der Waals surface area (Å²) in [6, 6.07) is 6.74. The molecule has 172 valence electrons. The minimum absolute atomic E-state index is 0.0379. The summed E-state index contributed by atoms with van der Waals surface area (Å²) >= 11 is 0. The van der Waals surface area contributed by atoms with E-state index in [0.717, 1.165) is 25.9 Å². The first-order valence-corrected chi connectivity index (χ1v) is 11.2. The quantitative estimate of drug-likeness (QED) is 0.459. The van der Waals surface area contributed by atoms with Gasteiger partial charge in [-0.2, -0.15) is 0 Å². The average molecular weight is 433 g/mol. The molecule has 0 spiro atoms. The maximum absolute atomic E-state index is 12.3. The van der Waals surface area contributed by atoms with Crippen molar-refractivity contribution in [3.8, 4) is 5.75 Å². The highest BCUT2D eigenvalue weighted by Crippen LogP contribution is 2.37. The number of carboxylic acids is 1. The predicted octanol–water partition coefficient (Wildman–Crippen LogP) is 3.36. The van der Waals surface area contributed by atoms with E-state index in [9.17, 15) is 14.4 Å². The number of nitrogens with one attached hydrogen (secondary N) is 1. The number of hydrogen-bond donors (Lipinski definition) is 2. The fourth-order valence-corrected chi connectivity index (χ4v) is 4.29. The van der Waals surface area contributed by atoms with Crippen molar-refractivity contribution in [3.05, 3.63) is 29.8 Å². The molecule has 31 heavy (non-hydrogen) atoms. The second-order valence-corrected chi connectivity index (χ2v) is 8.96. The molecule has 1 saturated heterocycles. The van der Waals surface area contributed by atoms with Crippen LogP contribution in [0.25, 0.3) is 0 Å². The van der Waals surface area contributed by atoms with Crippen LogP contribution in [0.4, 0.5) is 0 Å². The van der Waals surface area contributed by atoms with E-state index in [2.05, 4.69) is 30.3 Å². The third kappa shape index (κ3) is 7.06. The monoisotopic (exact) mass is 432 g/mol. The van der Waals surface area contributed by atoms with Crippen molar-refractivity contribution in [2.24, 2.45) is 5.92 Å². The van der Waals surface area contributed by atoms with E-state index in [-0.39, 0.29) is 24.2 Å². The van der Waals surface area contributed by atoms with E-state index in [1.807, 2.05) is 12.1 Å². The van der Waals surface area contributed by atoms with Gasteiger partial charge in [-0.25, -0.2) is 4.79 Å². The van der Waals surface area contributed by atoms with Crippen molar-refractivity contribution >= 4 is 17.8 Å². The molecule has 2 rings (SSSR count). The van der Waals surface area contributed by atoms with Gasteiger partial charge in [-0.1, -0.05) is 39.3 Å². The fraction of sp³-hybridized carbons (Fsp3) is 0.625. The summed E-state index contributed by atoms with van der Waals surface area (Å²) in [6.07, 6.45) is 4.25. The normalized spacial score (nSPS) is 20.7. The molecule has 1 aliphatic heterocycles. The van der Waals surface area contributed by atoms with E-state index >= 15 is 0 Å². The summed E-state index contributed by atoms with van der Waals surface area (Å²) in [5, 5.41) is 11.6. The first-order valence-electron chi connectivity index (χ1n) is 11.2. The largest absolute Gasteiger partial charge is 0.480 e. The lowest BCUT2D eigenvalue weighted by atomic mass is 9.74. The van der Waals surface area contributed by atoms with E-state index in [1.165, 1.54) is 18.4 Å². The van der Waals surface area contributed by atoms with Crippen molar-refractivity contribution in [3.63, 3.8) is 0 Å². The maximum Gasteiger partial charge on any atom is 0.326 e. The SMILES string of the molecule is CCC1(c2cccc(OC(=O)CCC(=O)N[C@H](C(=O)O)C(C)C)c2)CCCCN(C)C1. The van der Waals surface area contributed by atoms with Gasteiger partial charge in [0, 0.05) is 18.4 Å². The highest BCUT2D eigenvalue weighted by molar-refractivity contribution is 5.86. The number of amides is 1. The Morgan fingerprint density at radius 1 is 1.23 bits per heavy atom. The molecule has 1 aliphatic rings. The van der Waals surface area contributed by atoms with Crippen LogP contribution in [0.15, 0.2) is 24.3 Å². The molecule has 7 nitrogen and oxygen atoms in total. The number of benzene rings is 1. The third-order valence-electron chi connectivity index (χ3n) is 6.18. The Labute approximate surface area is 185 Å². The molecule has 1 amide bonds. The van der Waals surface area contributed by atoms with Crippen LogP contribution < -0.4 is 10.1 Å². The number of carbonyl (C=O) groups is 3. The van der Waals surface area contributed by atoms with Crippen molar-refractivity contribution < 1.29 is 24.2 Å². The molecule has 1 unspecified atom stereocenters. The number of likely N-dealkylation sites (tertiary alicyclic amines) is 1. The molecule has 2 atom stereocenters. The number of ether oxygens (including phenoxy) is 1. The van der Waals surface area contributed by atoms with Gasteiger partial charge in [0.1, 0.15) is 11.8 Å². The zero-order valence-electron chi connectivity index (χ0n) is 19.1. The topological polar surface area (TPSA) is 95.9 Å².